The van der Waals surface area contributed by atoms with Crippen molar-refractivity contribution in [2.75, 3.05) is 59.0 Å². The molecule has 4 aromatic rings. The van der Waals surface area contributed by atoms with Crippen molar-refractivity contribution in [3.8, 4) is 11.5 Å². The highest BCUT2D eigenvalue weighted by Gasteiger charge is 2.36. The number of carbonyl (C=O) groups excluding carboxylic acids is 1. The number of hydrogen-bond donors (Lipinski definition) is 3. The zero-order chi connectivity index (χ0) is 30.6. The first kappa shape index (κ1) is 30.7. The van der Waals surface area contributed by atoms with E-state index in [2.05, 4.69) is 14.8 Å². The summed E-state index contributed by atoms with van der Waals surface area (Å²) < 4.78 is 11.7. The summed E-state index contributed by atoms with van der Waals surface area (Å²) >= 11 is 12.4. The van der Waals surface area contributed by atoms with Crippen LogP contribution < -0.4 is 9.47 Å². The number of piperazine rings is 1. The van der Waals surface area contributed by atoms with Crippen LogP contribution in [0.4, 0.5) is 4.79 Å². The first-order chi connectivity index (χ1) is 21.4. The van der Waals surface area contributed by atoms with E-state index in [1.165, 1.54) is 0 Å². The Labute approximate surface area is 266 Å². The van der Waals surface area contributed by atoms with E-state index in [-0.39, 0.29) is 13.2 Å². The lowest BCUT2D eigenvalue weighted by atomic mass is 9.92. The number of ether oxygens (including phenoxy) is 2. The standard InChI is InChI=1S/C33H36Cl2N4O5/c34-23-3-8-27(9-4-23)44-33(42)39-12-11-28-29-19-24(35)5-10-30(29)36-31(28)32(39)22-1-6-26(7-2-22)43-21-25(41)20-38-15-13-37(14-16-38)17-18-40/h1-10,19,25,32,36,40-41H,11-18,20-21H2/t25-,32?/m0/s1. The Hall–Kier alpha value is -3.31. The van der Waals surface area contributed by atoms with Crippen LogP contribution in [-0.2, 0) is 6.42 Å². The summed E-state index contributed by atoms with van der Waals surface area (Å²) in [6.07, 6.45) is -0.436. The fraction of sp³-hybridized carbons (Fsp3) is 0.364. The third kappa shape index (κ3) is 6.99. The Balaban J connectivity index is 1.17. The third-order valence-electron chi connectivity index (χ3n) is 8.33. The van der Waals surface area contributed by atoms with Gasteiger partial charge in [0.25, 0.3) is 0 Å². The number of aliphatic hydroxyl groups excluding tert-OH is 2. The number of benzene rings is 3. The highest BCUT2D eigenvalue weighted by Crippen LogP contribution is 2.40. The molecular formula is C33H36Cl2N4O5. The molecule has 0 radical (unpaired) electrons. The van der Waals surface area contributed by atoms with Crippen LogP contribution >= 0.6 is 23.2 Å². The predicted octanol–water partition coefficient (Wildman–Crippen LogP) is 4.97. The van der Waals surface area contributed by atoms with Crippen LogP contribution in [0, 0.1) is 0 Å². The number of fused-ring (bicyclic) bond motifs is 3. The molecule has 3 aromatic carbocycles. The maximum Gasteiger partial charge on any atom is 0.416 e. The molecule has 1 aromatic heterocycles. The molecule has 1 unspecified atom stereocenters. The number of carbonyl (C=O) groups is 1. The van der Waals surface area contributed by atoms with Gasteiger partial charge in [-0.05, 0) is 72.1 Å². The number of aliphatic hydroxyl groups is 2. The number of aromatic nitrogens is 1. The molecule has 3 heterocycles. The van der Waals surface area contributed by atoms with Gasteiger partial charge in [-0.1, -0.05) is 35.3 Å². The van der Waals surface area contributed by atoms with Gasteiger partial charge < -0.3 is 24.7 Å². The van der Waals surface area contributed by atoms with Crippen LogP contribution in [0.2, 0.25) is 10.0 Å². The molecule has 232 valence electrons. The summed E-state index contributed by atoms with van der Waals surface area (Å²) in [5, 5.41) is 22.0. The molecule has 6 rings (SSSR count). The highest BCUT2D eigenvalue weighted by molar-refractivity contribution is 6.31. The van der Waals surface area contributed by atoms with Gasteiger partial charge in [0.05, 0.1) is 6.61 Å². The van der Waals surface area contributed by atoms with Gasteiger partial charge in [-0.3, -0.25) is 14.7 Å². The van der Waals surface area contributed by atoms with Gasteiger partial charge >= 0.3 is 6.09 Å². The number of nitrogens with one attached hydrogen (secondary N) is 1. The summed E-state index contributed by atoms with van der Waals surface area (Å²) in [5.74, 6) is 1.05. The molecule has 9 nitrogen and oxygen atoms in total. The second-order valence-electron chi connectivity index (χ2n) is 11.3. The molecule has 11 heteroatoms. The number of halogens is 2. The van der Waals surface area contributed by atoms with Crippen molar-refractivity contribution in [3.05, 3.63) is 93.6 Å². The van der Waals surface area contributed by atoms with Crippen LogP contribution in [0.1, 0.15) is 22.9 Å². The van der Waals surface area contributed by atoms with Gasteiger partial charge in [0.15, 0.2) is 0 Å². The first-order valence-electron chi connectivity index (χ1n) is 14.9. The molecule has 2 atom stereocenters. The number of amides is 1. The quantitative estimate of drug-likeness (QED) is 0.238. The fourth-order valence-electron chi connectivity index (χ4n) is 6.09. The Kier molecular flexibility index (Phi) is 9.61. The minimum Gasteiger partial charge on any atom is -0.491 e. The van der Waals surface area contributed by atoms with Crippen molar-refractivity contribution < 1.29 is 24.5 Å². The minimum atomic E-state index is -0.628. The number of aromatic amines is 1. The number of β-amino-alcohol motifs (C(OH)–C–C–N with tert-alkyl or cyclic N) is 2. The number of hydrogen-bond acceptors (Lipinski definition) is 7. The van der Waals surface area contributed by atoms with Crippen molar-refractivity contribution in [1.29, 1.82) is 0 Å². The minimum absolute atomic E-state index is 0.166. The molecular weight excluding hydrogens is 603 g/mol. The second-order valence-corrected chi connectivity index (χ2v) is 12.1. The van der Waals surface area contributed by atoms with E-state index in [9.17, 15) is 9.90 Å². The van der Waals surface area contributed by atoms with Gasteiger partial charge in [0.1, 0.15) is 30.3 Å². The van der Waals surface area contributed by atoms with E-state index in [1.807, 2.05) is 42.5 Å². The van der Waals surface area contributed by atoms with Gasteiger partial charge in [-0.15, -0.1) is 0 Å². The molecule has 2 aliphatic heterocycles. The van der Waals surface area contributed by atoms with Crippen molar-refractivity contribution in [3.63, 3.8) is 0 Å². The Morgan fingerprint density at radius 3 is 2.32 bits per heavy atom. The summed E-state index contributed by atoms with van der Waals surface area (Å²) in [4.78, 5) is 23.3. The molecule has 44 heavy (non-hydrogen) atoms. The van der Waals surface area contributed by atoms with Crippen LogP contribution in [0.5, 0.6) is 11.5 Å². The first-order valence-corrected chi connectivity index (χ1v) is 15.6. The van der Waals surface area contributed by atoms with E-state index in [0.29, 0.717) is 47.6 Å². The maximum atomic E-state index is 13.5. The molecule has 0 saturated carbocycles. The van der Waals surface area contributed by atoms with E-state index >= 15 is 0 Å². The summed E-state index contributed by atoms with van der Waals surface area (Å²) in [6.45, 7) is 5.49. The number of H-pyrrole nitrogens is 1. The monoisotopic (exact) mass is 638 g/mol. The summed E-state index contributed by atoms with van der Waals surface area (Å²) in [6, 6.07) is 19.7. The Morgan fingerprint density at radius 2 is 1.59 bits per heavy atom. The number of nitrogens with zero attached hydrogens (tertiary/aromatic N) is 3. The van der Waals surface area contributed by atoms with Gasteiger partial charge in [0.2, 0.25) is 0 Å². The molecule has 1 saturated heterocycles. The summed E-state index contributed by atoms with van der Waals surface area (Å²) in [5.41, 5.74) is 3.90. The molecule has 0 spiro atoms. The average Bonchev–Trinajstić information content (AvgIpc) is 3.40. The Morgan fingerprint density at radius 1 is 0.909 bits per heavy atom. The van der Waals surface area contributed by atoms with Crippen molar-refractivity contribution in [2.24, 2.45) is 0 Å². The highest BCUT2D eigenvalue weighted by atomic mass is 35.5. The molecule has 1 fully saturated rings. The molecule has 0 bridgehead atoms. The zero-order valence-corrected chi connectivity index (χ0v) is 25.8. The lowest BCUT2D eigenvalue weighted by Gasteiger charge is -2.35. The largest absolute Gasteiger partial charge is 0.491 e. The average molecular weight is 640 g/mol. The van der Waals surface area contributed by atoms with Crippen LogP contribution in [0.3, 0.4) is 0 Å². The van der Waals surface area contributed by atoms with Crippen LogP contribution in [0.25, 0.3) is 10.9 Å². The van der Waals surface area contributed by atoms with Crippen molar-refractivity contribution in [1.82, 2.24) is 19.7 Å². The number of rotatable bonds is 9. The van der Waals surface area contributed by atoms with Gasteiger partial charge in [-0.2, -0.15) is 0 Å². The van der Waals surface area contributed by atoms with Crippen LogP contribution in [0.15, 0.2) is 66.7 Å². The van der Waals surface area contributed by atoms with E-state index in [4.69, 9.17) is 37.8 Å². The fourth-order valence-corrected chi connectivity index (χ4v) is 6.39. The van der Waals surface area contributed by atoms with Crippen molar-refractivity contribution in [2.45, 2.75) is 18.6 Å². The zero-order valence-electron chi connectivity index (χ0n) is 24.3. The predicted molar refractivity (Wildman–Crippen MR) is 171 cm³/mol. The third-order valence-corrected chi connectivity index (χ3v) is 8.82. The lowest BCUT2D eigenvalue weighted by Crippen LogP contribution is -2.49. The maximum absolute atomic E-state index is 13.5. The normalized spacial score (nSPS) is 18.3. The lowest BCUT2D eigenvalue weighted by molar-refractivity contribution is 0.0428. The van der Waals surface area contributed by atoms with E-state index < -0.39 is 18.2 Å². The van der Waals surface area contributed by atoms with E-state index in [1.54, 1.807) is 29.2 Å². The second kappa shape index (κ2) is 13.8. The molecule has 0 aliphatic carbocycles. The van der Waals surface area contributed by atoms with Crippen LogP contribution in [-0.4, -0.2) is 101 Å². The molecule has 2 aliphatic rings. The van der Waals surface area contributed by atoms with Gasteiger partial charge in [0, 0.05) is 72.5 Å². The van der Waals surface area contributed by atoms with E-state index in [0.717, 1.165) is 53.9 Å². The topological polar surface area (TPSA) is 102 Å². The Bertz CT molecular complexity index is 1570. The van der Waals surface area contributed by atoms with Gasteiger partial charge in [-0.25, -0.2) is 4.79 Å². The summed E-state index contributed by atoms with van der Waals surface area (Å²) in [7, 11) is 0. The SMILES string of the molecule is O=C(Oc1ccc(Cl)cc1)N1CCc2c([nH]c3ccc(Cl)cc23)C1c1ccc(OC[C@@H](O)CN2CCN(CCO)CC2)cc1. The molecule has 3 N–H and O–H groups in total. The van der Waals surface area contributed by atoms with Crippen molar-refractivity contribution >= 4 is 40.2 Å². The smallest absolute Gasteiger partial charge is 0.416 e. The molecule has 1 amide bonds.